The SMILES string of the molecule is CC1=C(c2ccccc2)CC(C)(C)C1=O. The average molecular weight is 200 g/mol. The molecular weight excluding hydrogens is 184 g/mol. The maximum absolute atomic E-state index is 12.0. The van der Waals surface area contributed by atoms with Gasteiger partial charge in [-0.3, -0.25) is 4.79 Å². The molecule has 0 radical (unpaired) electrons. The van der Waals surface area contributed by atoms with Crippen molar-refractivity contribution in [3.8, 4) is 0 Å². The lowest BCUT2D eigenvalue weighted by Crippen LogP contribution is -2.18. The Morgan fingerprint density at radius 3 is 2.20 bits per heavy atom. The van der Waals surface area contributed by atoms with Gasteiger partial charge in [-0.25, -0.2) is 0 Å². The normalized spacial score (nSPS) is 19.8. The van der Waals surface area contributed by atoms with Crippen molar-refractivity contribution < 1.29 is 4.79 Å². The minimum absolute atomic E-state index is 0.213. The van der Waals surface area contributed by atoms with Crippen LogP contribution in [0.25, 0.3) is 5.57 Å². The van der Waals surface area contributed by atoms with Crippen molar-refractivity contribution in [2.45, 2.75) is 27.2 Å². The van der Waals surface area contributed by atoms with Crippen molar-refractivity contribution in [1.82, 2.24) is 0 Å². The van der Waals surface area contributed by atoms with Crippen LogP contribution >= 0.6 is 0 Å². The second-order valence-corrected chi connectivity index (χ2v) is 4.86. The molecule has 0 aromatic heterocycles. The summed E-state index contributed by atoms with van der Waals surface area (Å²) >= 11 is 0. The molecule has 0 saturated carbocycles. The molecule has 1 aliphatic rings. The van der Waals surface area contributed by atoms with E-state index in [1.165, 1.54) is 11.1 Å². The Labute approximate surface area is 90.8 Å². The molecule has 0 bridgehead atoms. The number of allylic oxidation sites excluding steroid dienone is 2. The zero-order valence-corrected chi connectivity index (χ0v) is 9.50. The molecule has 1 aromatic rings. The maximum Gasteiger partial charge on any atom is 0.164 e. The van der Waals surface area contributed by atoms with Gasteiger partial charge in [0.05, 0.1) is 0 Å². The van der Waals surface area contributed by atoms with E-state index in [9.17, 15) is 4.79 Å². The smallest absolute Gasteiger partial charge is 0.164 e. The first-order valence-electron chi connectivity index (χ1n) is 5.32. The number of carbonyl (C=O) groups is 1. The summed E-state index contributed by atoms with van der Waals surface area (Å²) in [6.45, 7) is 5.99. The van der Waals surface area contributed by atoms with E-state index in [0.717, 1.165) is 12.0 Å². The van der Waals surface area contributed by atoms with Crippen LogP contribution in [0.2, 0.25) is 0 Å². The average Bonchev–Trinajstić information content (AvgIpc) is 2.44. The molecule has 2 rings (SSSR count). The summed E-state index contributed by atoms with van der Waals surface area (Å²) in [6, 6.07) is 10.2. The van der Waals surface area contributed by atoms with Gasteiger partial charge in [0.1, 0.15) is 0 Å². The first-order chi connectivity index (χ1) is 7.02. The quantitative estimate of drug-likeness (QED) is 0.678. The fourth-order valence-corrected chi connectivity index (χ4v) is 2.26. The number of Topliss-reactive ketones (excluding diaryl/α,β-unsaturated/α-hetero) is 1. The summed E-state index contributed by atoms with van der Waals surface area (Å²) in [6.07, 6.45) is 0.863. The molecule has 0 unspecified atom stereocenters. The molecule has 1 aliphatic carbocycles. The predicted molar refractivity (Wildman–Crippen MR) is 62.4 cm³/mol. The Bertz CT molecular complexity index is 424. The van der Waals surface area contributed by atoms with Crippen molar-refractivity contribution in [3.63, 3.8) is 0 Å². The van der Waals surface area contributed by atoms with Gasteiger partial charge in [0.15, 0.2) is 5.78 Å². The number of carbonyl (C=O) groups excluding carboxylic acids is 1. The van der Waals surface area contributed by atoms with Crippen LogP contribution in [0, 0.1) is 5.41 Å². The van der Waals surface area contributed by atoms with Crippen LogP contribution < -0.4 is 0 Å². The minimum atomic E-state index is -0.213. The molecule has 0 aliphatic heterocycles. The number of rotatable bonds is 1. The Morgan fingerprint density at radius 2 is 1.73 bits per heavy atom. The monoisotopic (exact) mass is 200 g/mol. The van der Waals surface area contributed by atoms with E-state index in [1.807, 2.05) is 39.0 Å². The van der Waals surface area contributed by atoms with Crippen LogP contribution in [0.1, 0.15) is 32.8 Å². The van der Waals surface area contributed by atoms with Gasteiger partial charge in [-0.1, -0.05) is 44.2 Å². The standard InChI is InChI=1S/C14H16O/c1-10-12(9-14(2,3)13(10)15)11-7-5-4-6-8-11/h4-8H,9H2,1-3H3. The van der Waals surface area contributed by atoms with Gasteiger partial charge in [0.2, 0.25) is 0 Å². The highest BCUT2D eigenvalue weighted by atomic mass is 16.1. The van der Waals surface area contributed by atoms with Crippen molar-refractivity contribution in [2.75, 3.05) is 0 Å². The molecule has 0 heterocycles. The lowest BCUT2D eigenvalue weighted by Gasteiger charge is -2.15. The number of ketones is 1. The van der Waals surface area contributed by atoms with Gasteiger partial charge in [-0.15, -0.1) is 0 Å². The molecule has 0 atom stereocenters. The molecule has 0 fully saturated rings. The van der Waals surface area contributed by atoms with Gasteiger partial charge in [-0.2, -0.15) is 0 Å². The van der Waals surface area contributed by atoms with Crippen LogP contribution in [0.4, 0.5) is 0 Å². The van der Waals surface area contributed by atoms with E-state index < -0.39 is 0 Å². The molecule has 1 aromatic carbocycles. The van der Waals surface area contributed by atoms with Gasteiger partial charge in [0.25, 0.3) is 0 Å². The molecule has 0 N–H and O–H groups in total. The molecule has 0 saturated heterocycles. The van der Waals surface area contributed by atoms with Gasteiger partial charge in [-0.05, 0) is 30.1 Å². The highest BCUT2D eigenvalue weighted by molar-refractivity contribution is 6.10. The van der Waals surface area contributed by atoms with E-state index in [1.54, 1.807) is 0 Å². The summed E-state index contributed by atoms with van der Waals surface area (Å²) in [5, 5.41) is 0. The Morgan fingerprint density at radius 1 is 1.13 bits per heavy atom. The second-order valence-electron chi connectivity index (χ2n) is 4.86. The molecule has 1 nitrogen and oxygen atoms in total. The third-order valence-electron chi connectivity index (χ3n) is 3.15. The summed E-state index contributed by atoms with van der Waals surface area (Å²) in [7, 11) is 0. The highest BCUT2D eigenvalue weighted by Crippen LogP contribution is 2.42. The van der Waals surface area contributed by atoms with Gasteiger partial charge < -0.3 is 0 Å². The fraction of sp³-hybridized carbons (Fsp3) is 0.357. The zero-order chi connectivity index (χ0) is 11.1. The fourth-order valence-electron chi connectivity index (χ4n) is 2.26. The summed E-state index contributed by atoms with van der Waals surface area (Å²) in [5.74, 6) is 0.293. The van der Waals surface area contributed by atoms with Crippen LogP contribution in [0.5, 0.6) is 0 Å². The Kier molecular flexibility index (Phi) is 2.26. The molecule has 0 amide bonds. The van der Waals surface area contributed by atoms with E-state index in [0.29, 0.717) is 5.78 Å². The molecular formula is C14H16O. The third kappa shape index (κ3) is 1.63. The van der Waals surface area contributed by atoms with Crippen LogP contribution in [0.3, 0.4) is 0 Å². The Hall–Kier alpha value is -1.37. The lowest BCUT2D eigenvalue weighted by atomic mass is 9.87. The molecule has 15 heavy (non-hydrogen) atoms. The Balaban J connectivity index is 2.45. The van der Waals surface area contributed by atoms with Gasteiger partial charge in [0, 0.05) is 5.41 Å². The third-order valence-corrected chi connectivity index (χ3v) is 3.15. The zero-order valence-electron chi connectivity index (χ0n) is 9.50. The summed E-state index contributed by atoms with van der Waals surface area (Å²) in [4.78, 5) is 12.0. The number of benzene rings is 1. The maximum atomic E-state index is 12.0. The van der Waals surface area contributed by atoms with Crippen molar-refractivity contribution in [3.05, 3.63) is 41.5 Å². The molecule has 0 spiro atoms. The van der Waals surface area contributed by atoms with E-state index in [-0.39, 0.29) is 5.41 Å². The first kappa shape index (κ1) is 10.2. The van der Waals surface area contributed by atoms with Gasteiger partial charge >= 0.3 is 0 Å². The highest BCUT2D eigenvalue weighted by Gasteiger charge is 2.37. The van der Waals surface area contributed by atoms with Crippen LogP contribution in [-0.4, -0.2) is 5.78 Å². The number of hydrogen-bond acceptors (Lipinski definition) is 1. The second kappa shape index (κ2) is 3.34. The number of hydrogen-bond donors (Lipinski definition) is 0. The van der Waals surface area contributed by atoms with E-state index >= 15 is 0 Å². The lowest BCUT2D eigenvalue weighted by molar-refractivity contribution is -0.122. The van der Waals surface area contributed by atoms with E-state index in [4.69, 9.17) is 0 Å². The topological polar surface area (TPSA) is 17.1 Å². The molecule has 1 heteroatoms. The van der Waals surface area contributed by atoms with Crippen molar-refractivity contribution in [1.29, 1.82) is 0 Å². The summed E-state index contributed by atoms with van der Waals surface area (Å²) in [5.41, 5.74) is 3.13. The first-order valence-corrected chi connectivity index (χ1v) is 5.32. The molecule has 78 valence electrons. The largest absolute Gasteiger partial charge is 0.294 e. The van der Waals surface area contributed by atoms with Crippen LogP contribution in [0.15, 0.2) is 35.9 Å². The predicted octanol–water partition coefficient (Wildman–Crippen LogP) is 3.46. The van der Waals surface area contributed by atoms with Crippen molar-refractivity contribution in [2.24, 2.45) is 5.41 Å². The van der Waals surface area contributed by atoms with Crippen LogP contribution in [-0.2, 0) is 4.79 Å². The summed E-state index contributed by atoms with van der Waals surface area (Å²) < 4.78 is 0. The van der Waals surface area contributed by atoms with Crippen molar-refractivity contribution >= 4 is 11.4 Å². The van der Waals surface area contributed by atoms with E-state index in [2.05, 4.69) is 12.1 Å². The minimum Gasteiger partial charge on any atom is -0.294 e.